The summed E-state index contributed by atoms with van der Waals surface area (Å²) in [5.74, 6) is -2.65. The monoisotopic (exact) mass is 783 g/mol. The van der Waals surface area contributed by atoms with Gasteiger partial charge in [-0.05, 0) is 66.3 Å². The van der Waals surface area contributed by atoms with E-state index in [9.17, 15) is 0 Å². The summed E-state index contributed by atoms with van der Waals surface area (Å²) in [6.07, 6.45) is -1.83. The number of ether oxygens (including phenoxy) is 2. The van der Waals surface area contributed by atoms with Gasteiger partial charge in [0.15, 0.2) is 17.0 Å². The minimum atomic E-state index is -4.60. The Bertz CT molecular complexity index is 2100. The molecule has 0 spiro atoms. The summed E-state index contributed by atoms with van der Waals surface area (Å²) in [5.41, 5.74) is -0.277. The molecule has 9 heteroatoms. The van der Waals surface area contributed by atoms with E-state index in [1.54, 1.807) is 0 Å². The average Bonchev–Trinajstić information content (AvgIpc) is 3.54. The van der Waals surface area contributed by atoms with Crippen molar-refractivity contribution in [3.05, 3.63) is 204 Å². The lowest BCUT2D eigenvalue weighted by molar-refractivity contribution is -0.176. The SMILES string of the molecule is CC(C)[C@H](NP(=O)(c1ccccc1)c1ccccc1)P1(=O)OC(c2ccccc2)(c2ccccc2)[C@@H]2OC(C)(C)O[C@H]2C(c2ccccc2)(c2ccccc2)O1. The molecule has 0 aliphatic carbocycles. The van der Waals surface area contributed by atoms with Crippen molar-refractivity contribution in [2.75, 3.05) is 0 Å². The molecule has 2 heterocycles. The van der Waals surface area contributed by atoms with E-state index in [1.807, 2.05) is 210 Å². The number of hydrogen-bond donors (Lipinski definition) is 1. The lowest BCUT2D eigenvalue weighted by atomic mass is 9.72. The van der Waals surface area contributed by atoms with Crippen molar-refractivity contribution in [1.29, 1.82) is 0 Å². The van der Waals surface area contributed by atoms with Gasteiger partial charge in [0.1, 0.15) is 18.0 Å². The topological polar surface area (TPSA) is 83.1 Å². The first-order valence-corrected chi connectivity index (χ1v) is 22.4. The van der Waals surface area contributed by atoms with E-state index in [0.29, 0.717) is 32.9 Å². The average molecular weight is 784 g/mol. The molecule has 7 nitrogen and oxygen atoms in total. The van der Waals surface area contributed by atoms with Gasteiger partial charge in [0.25, 0.3) is 0 Å². The van der Waals surface area contributed by atoms with E-state index < -0.39 is 55.8 Å². The number of hydrogen-bond acceptors (Lipinski definition) is 6. The fourth-order valence-electron chi connectivity index (χ4n) is 8.28. The molecular formula is C47H47NO6P2. The molecule has 2 saturated heterocycles. The van der Waals surface area contributed by atoms with Crippen molar-refractivity contribution in [2.24, 2.45) is 5.92 Å². The molecule has 286 valence electrons. The Balaban J connectivity index is 1.47. The van der Waals surface area contributed by atoms with Gasteiger partial charge in [0.05, 0.1) is 0 Å². The van der Waals surface area contributed by atoms with Crippen LogP contribution in [0.2, 0.25) is 0 Å². The molecule has 0 unspecified atom stereocenters. The Morgan fingerprint density at radius 1 is 0.518 bits per heavy atom. The second kappa shape index (κ2) is 15.2. The molecule has 3 atom stereocenters. The highest BCUT2D eigenvalue weighted by molar-refractivity contribution is 7.77. The summed E-state index contributed by atoms with van der Waals surface area (Å²) in [6.45, 7) is 7.67. The summed E-state index contributed by atoms with van der Waals surface area (Å²) in [7, 11) is -8.32. The quantitative estimate of drug-likeness (QED) is 0.139. The molecule has 56 heavy (non-hydrogen) atoms. The van der Waals surface area contributed by atoms with Crippen LogP contribution >= 0.6 is 14.9 Å². The molecule has 0 saturated carbocycles. The zero-order valence-corrected chi connectivity index (χ0v) is 33.8. The van der Waals surface area contributed by atoms with E-state index in [1.165, 1.54) is 0 Å². The molecule has 2 aliphatic heterocycles. The standard InChI is InChI=1S/C47H47NO6P2/c1-35(2)44(48-55(49,40-31-19-9-20-32-40)41-33-21-10-22-34-41)56(50)53-46(36-23-11-5-12-24-36,37-25-13-6-14-26-37)42-43(52-45(3,4)51-42)47(54-56,38-27-15-7-16-28-38)39-29-17-8-18-30-39/h5-35,42-44H,1-4H3,(H,48,49)/t42-,43-,44-/m1/s1. The molecule has 0 radical (unpaired) electrons. The maximum absolute atomic E-state index is 17.1. The lowest BCUT2D eigenvalue weighted by Gasteiger charge is -2.42. The van der Waals surface area contributed by atoms with E-state index in [0.717, 1.165) is 0 Å². The predicted molar refractivity (Wildman–Crippen MR) is 222 cm³/mol. The summed E-state index contributed by atoms with van der Waals surface area (Å²) in [4.78, 5) is 0. The molecule has 1 N–H and O–H groups in total. The minimum absolute atomic E-state index is 0.425. The van der Waals surface area contributed by atoms with Gasteiger partial charge in [-0.25, -0.2) is 5.09 Å². The second-order valence-corrected chi connectivity index (χ2v) is 19.7. The van der Waals surface area contributed by atoms with Crippen LogP contribution in [0.4, 0.5) is 0 Å². The van der Waals surface area contributed by atoms with Crippen LogP contribution in [0.3, 0.4) is 0 Å². The molecule has 6 aromatic rings. The van der Waals surface area contributed by atoms with Crippen molar-refractivity contribution >= 4 is 25.5 Å². The number of benzene rings is 6. The lowest BCUT2D eigenvalue weighted by Crippen LogP contribution is -2.53. The Labute approximate surface area is 330 Å². The van der Waals surface area contributed by atoms with Crippen LogP contribution in [0, 0.1) is 5.92 Å². The Morgan fingerprint density at radius 3 is 1.09 bits per heavy atom. The highest BCUT2D eigenvalue weighted by Gasteiger charge is 2.70. The van der Waals surface area contributed by atoms with E-state index in [4.69, 9.17) is 18.5 Å². The molecule has 0 aromatic heterocycles. The van der Waals surface area contributed by atoms with Gasteiger partial charge >= 0.3 is 7.60 Å². The van der Waals surface area contributed by atoms with E-state index in [-0.39, 0.29) is 0 Å². The van der Waals surface area contributed by atoms with Gasteiger partial charge < -0.3 is 9.47 Å². The Morgan fingerprint density at radius 2 is 0.804 bits per heavy atom. The molecule has 8 rings (SSSR count). The molecule has 6 aromatic carbocycles. The van der Waals surface area contributed by atoms with Gasteiger partial charge in [0, 0.05) is 10.6 Å². The fraction of sp³-hybridized carbons (Fsp3) is 0.234. The van der Waals surface area contributed by atoms with Crippen LogP contribution < -0.4 is 15.7 Å². The van der Waals surface area contributed by atoms with Crippen molar-refractivity contribution in [2.45, 2.75) is 62.7 Å². The van der Waals surface area contributed by atoms with Gasteiger partial charge in [-0.15, -0.1) is 0 Å². The first-order chi connectivity index (χ1) is 27.0. The summed E-state index contributed by atoms with van der Waals surface area (Å²) >= 11 is 0. The largest absolute Gasteiger partial charge is 0.350 e. The number of nitrogens with one attached hydrogen (secondary N) is 1. The molecule has 0 amide bonds. The first kappa shape index (κ1) is 38.5. The van der Waals surface area contributed by atoms with Crippen molar-refractivity contribution in [1.82, 2.24) is 5.09 Å². The van der Waals surface area contributed by atoms with Gasteiger partial charge in [-0.3, -0.25) is 18.2 Å². The zero-order chi connectivity index (χ0) is 39.0. The third kappa shape index (κ3) is 6.66. The predicted octanol–water partition coefficient (Wildman–Crippen LogP) is 10.1. The van der Waals surface area contributed by atoms with Crippen molar-refractivity contribution in [3.8, 4) is 0 Å². The zero-order valence-electron chi connectivity index (χ0n) is 32.0. The van der Waals surface area contributed by atoms with E-state index >= 15 is 9.13 Å². The Hall–Kier alpha value is -4.42. The smallest absolute Gasteiger partial charge is 0.341 e. The van der Waals surface area contributed by atoms with Crippen LogP contribution in [0.25, 0.3) is 0 Å². The van der Waals surface area contributed by atoms with Crippen LogP contribution in [0.15, 0.2) is 182 Å². The second-order valence-electron chi connectivity index (χ2n) is 15.2. The van der Waals surface area contributed by atoms with Crippen LogP contribution in [-0.2, 0) is 38.9 Å². The van der Waals surface area contributed by atoms with E-state index in [2.05, 4.69) is 5.09 Å². The fourth-order valence-corrected chi connectivity index (χ4v) is 14.2. The van der Waals surface area contributed by atoms with Crippen molar-refractivity contribution in [3.63, 3.8) is 0 Å². The summed E-state index contributed by atoms with van der Waals surface area (Å²) < 4.78 is 62.3. The number of fused-ring (bicyclic) bond motifs is 1. The highest BCUT2D eigenvalue weighted by Crippen LogP contribution is 2.71. The minimum Gasteiger partial charge on any atom is -0.341 e. The molecule has 2 aliphatic rings. The Kier molecular flexibility index (Phi) is 10.4. The third-order valence-electron chi connectivity index (χ3n) is 10.8. The van der Waals surface area contributed by atoms with Gasteiger partial charge in [-0.1, -0.05) is 172 Å². The maximum atomic E-state index is 17.1. The normalized spacial score (nSPS) is 21.4. The maximum Gasteiger partial charge on any atom is 0.350 e. The molecule has 2 fully saturated rings. The van der Waals surface area contributed by atoms with Crippen LogP contribution in [0.5, 0.6) is 0 Å². The summed E-state index contributed by atoms with van der Waals surface area (Å²) in [6, 6.07) is 57.6. The number of rotatable bonds is 10. The van der Waals surface area contributed by atoms with Crippen LogP contribution in [0.1, 0.15) is 49.9 Å². The summed E-state index contributed by atoms with van der Waals surface area (Å²) in [5, 5.41) is 4.66. The molecular weight excluding hydrogens is 736 g/mol. The first-order valence-electron chi connectivity index (χ1n) is 19.1. The third-order valence-corrected chi connectivity index (χ3v) is 16.2. The highest BCUT2D eigenvalue weighted by atomic mass is 31.2. The van der Waals surface area contributed by atoms with Crippen LogP contribution in [-0.4, -0.2) is 23.8 Å². The molecule has 0 bridgehead atoms. The van der Waals surface area contributed by atoms with Crippen molar-refractivity contribution < 1.29 is 27.7 Å². The van der Waals surface area contributed by atoms with Gasteiger partial charge in [-0.2, -0.15) is 0 Å². The van der Waals surface area contributed by atoms with Gasteiger partial charge in [0.2, 0.25) is 7.29 Å².